The first-order valence-corrected chi connectivity index (χ1v) is 8.90. The van der Waals surface area contributed by atoms with Gasteiger partial charge in [-0.15, -0.1) is 0 Å². The predicted molar refractivity (Wildman–Crippen MR) is 89.9 cm³/mol. The number of aliphatic hydroxyl groups is 3. The Balaban J connectivity index is 1.57. The van der Waals surface area contributed by atoms with Gasteiger partial charge in [0.15, 0.2) is 23.2 Å². The standard InChI is InChI=1S/C15H22N6O7/c22-8-3-1-2-7(8)19-13-10-14(17-5-16-13)20(6-18-10)15-12(24)11(23)9(28-15)4-27-21(25)26/h5-9,11-12,15,22-26H,1-4H2,(H,16,17,19)/t7-,8+,9-,11-,12-,15-/m1/s1. The molecule has 3 heterocycles. The van der Waals surface area contributed by atoms with Crippen LogP contribution in [-0.4, -0.2) is 87.7 Å². The van der Waals surface area contributed by atoms with Gasteiger partial charge in [0.25, 0.3) is 0 Å². The van der Waals surface area contributed by atoms with Crippen LogP contribution in [0.1, 0.15) is 25.5 Å². The van der Waals surface area contributed by atoms with Crippen LogP contribution >= 0.6 is 0 Å². The fourth-order valence-electron chi connectivity index (χ4n) is 3.67. The van der Waals surface area contributed by atoms with Crippen LogP contribution in [0.25, 0.3) is 11.2 Å². The molecule has 6 N–H and O–H groups in total. The molecular formula is C15H22N6O7. The summed E-state index contributed by atoms with van der Waals surface area (Å²) in [4.78, 5) is 17.1. The van der Waals surface area contributed by atoms with Gasteiger partial charge in [-0.05, 0) is 19.3 Å². The Kier molecular flexibility index (Phi) is 5.39. The summed E-state index contributed by atoms with van der Waals surface area (Å²) in [6.07, 6.45) is 0.0789. The Morgan fingerprint density at radius 3 is 2.71 bits per heavy atom. The van der Waals surface area contributed by atoms with Crippen LogP contribution in [0.3, 0.4) is 0 Å². The maximum atomic E-state index is 10.3. The number of ether oxygens (including phenoxy) is 1. The lowest BCUT2D eigenvalue weighted by Crippen LogP contribution is -2.35. The third kappa shape index (κ3) is 3.54. The first-order valence-electron chi connectivity index (χ1n) is 8.90. The molecule has 6 atom stereocenters. The molecule has 13 heteroatoms. The first kappa shape index (κ1) is 19.4. The van der Waals surface area contributed by atoms with Crippen molar-refractivity contribution in [1.29, 1.82) is 0 Å². The largest absolute Gasteiger partial charge is 0.391 e. The maximum Gasteiger partial charge on any atom is 0.167 e. The van der Waals surface area contributed by atoms with Crippen molar-refractivity contribution in [2.24, 2.45) is 0 Å². The molecule has 0 spiro atoms. The molecule has 2 aromatic heterocycles. The Labute approximate surface area is 158 Å². The van der Waals surface area contributed by atoms with Crippen LogP contribution in [0.2, 0.25) is 0 Å². The van der Waals surface area contributed by atoms with E-state index in [0.717, 1.165) is 19.3 Å². The summed E-state index contributed by atoms with van der Waals surface area (Å²) in [5.41, 5.74) is 0.803. The molecule has 1 saturated carbocycles. The number of rotatable bonds is 6. The van der Waals surface area contributed by atoms with E-state index in [4.69, 9.17) is 15.2 Å². The Bertz CT molecular complexity index is 819. The number of hydrogen-bond donors (Lipinski definition) is 6. The summed E-state index contributed by atoms with van der Waals surface area (Å²) in [7, 11) is 0. The second-order valence-electron chi connectivity index (χ2n) is 6.89. The number of fused-ring (bicyclic) bond motifs is 1. The molecule has 0 aromatic carbocycles. The van der Waals surface area contributed by atoms with E-state index in [2.05, 4.69) is 25.1 Å². The van der Waals surface area contributed by atoms with Gasteiger partial charge in [-0.3, -0.25) is 15.0 Å². The summed E-state index contributed by atoms with van der Waals surface area (Å²) in [5, 5.41) is 50.5. The van der Waals surface area contributed by atoms with Gasteiger partial charge in [0.05, 0.1) is 23.9 Å². The first-order chi connectivity index (χ1) is 13.5. The van der Waals surface area contributed by atoms with Crippen molar-refractivity contribution < 1.29 is 35.3 Å². The normalized spacial score (nSPS) is 33.2. The lowest BCUT2D eigenvalue weighted by atomic mass is 10.1. The Hall–Kier alpha value is -1.97. The molecule has 0 radical (unpaired) electrons. The molecule has 1 saturated heterocycles. The number of nitrogens with zero attached hydrogens (tertiary/aromatic N) is 5. The number of aliphatic hydroxyl groups excluding tert-OH is 3. The van der Waals surface area contributed by atoms with E-state index >= 15 is 0 Å². The van der Waals surface area contributed by atoms with Gasteiger partial charge in [-0.2, -0.15) is 0 Å². The second-order valence-corrected chi connectivity index (χ2v) is 6.89. The van der Waals surface area contributed by atoms with Crippen molar-refractivity contribution >= 4 is 17.0 Å². The van der Waals surface area contributed by atoms with Crippen molar-refractivity contribution in [2.45, 2.75) is 55.9 Å². The molecule has 28 heavy (non-hydrogen) atoms. The second kappa shape index (κ2) is 7.81. The molecule has 2 aliphatic rings. The molecule has 0 amide bonds. The SMILES string of the molecule is O[C@@H]1[C@H](O)[C@@H](CON(O)O)O[C@H]1n1cnc2c(N[C@@H]3CCC[C@@H]3O)ncnc21. The van der Waals surface area contributed by atoms with E-state index in [-0.39, 0.29) is 6.04 Å². The number of nitrogens with one attached hydrogen (secondary N) is 1. The van der Waals surface area contributed by atoms with Crippen molar-refractivity contribution in [3.8, 4) is 0 Å². The summed E-state index contributed by atoms with van der Waals surface area (Å²) < 4.78 is 7.06. The quantitative estimate of drug-likeness (QED) is 0.320. The molecule has 2 aromatic rings. The summed E-state index contributed by atoms with van der Waals surface area (Å²) in [6, 6.07) is -0.125. The molecule has 13 nitrogen and oxygen atoms in total. The highest BCUT2D eigenvalue weighted by atomic mass is 17.1. The van der Waals surface area contributed by atoms with Crippen LogP contribution in [0, 0.1) is 0 Å². The molecule has 1 aliphatic heterocycles. The topological polar surface area (TPSA) is 178 Å². The summed E-state index contributed by atoms with van der Waals surface area (Å²) >= 11 is 0. The maximum absolute atomic E-state index is 10.3. The summed E-state index contributed by atoms with van der Waals surface area (Å²) in [6.45, 7) is -0.393. The average Bonchev–Trinajstić information content (AvgIpc) is 3.34. The monoisotopic (exact) mass is 398 g/mol. The fourth-order valence-corrected chi connectivity index (χ4v) is 3.67. The fraction of sp³-hybridized carbons (Fsp3) is 0.667. The highest BCUT2D eigenvalue weighted by Gasteiger charge is 2.44. The van der Waals surface area contributed by atoms with Gasteiger partial charge < -0.3 is 25.4 Å². The van der Waals surface area contributed by atoms with E-state index in [1.165, 1.54) is 17.2 Å². The van der Waals surface area contributed by atoms with E-state index in [9.17, 15) is 15.3 Å². The molecule has 4 rings (SSSR count). The number of anilines is 1. The van der Waals surface area contributed by atoms with Gasteiger partial charge >= 0.3 is 0 Å². The van der Waals surface area contributed by atoms with E-state index in [1.54, 1.807) is 0 Å². The smallest absolute Gasteiger partial charge is 0.167 e. The lowest BCUT2D eigenvalue weighted by molar-refractivity contribution is -0.496. The van der Waals surface area contributed by atoms with Gasteiger partial charge in [0.1, 0.15) is 31.2 Å². The summed E-state index contributed by atoms with van der Waals surface area (Å²) in [5.74, 6) is 0.457. The van der Waals surface area contributed by atoms with Crippen LogP contribution in [0.15, 0.2) is 12.7 Å². The minimum absolute atomic E-state index is 0.125. The van der Waals surface area contributed by atoms with Crippen LogP contribution < -0.4 is 5.32 Å². The van der Waals surface area contributed by atoms with Crippen molar-refractivity contribution in [3.05, 3.63) is 12.7 Å². The van der Waals surface area contributed by atoms with Crippen LogP contribution in [-0.2, 0) is 9.57 Å². The van der Waals surface area contributed by atoms with Crippen LogP contribution in [0.5, 0.6) is 0 Å². The van der Waals surface area contributed by atoms with E-state index in [1.807, 2.05) is 0 Å². The van der Waals surface area contributed by atoms with Crippen molar-refractivity contribution in [1.82, 2.24) is 24.9 Å². The lowest BCUT2D eigenvalue weighted by Gasteiger charge is -2.18. The van der Waals surface area contributed by atoms with Gasteiger partial charge in [-0.1, -0.05) is 0 Å². The van der Waals surface area contributed by atoms with Crippen LogP contribution in [0.4, 0.5) is 5.82 Å². The number of imidazole rings is 1. The molecule has 1 aliphatic carbocycles. The molecule has 0 unspecified atom stereocenters. The minimum atomic E-state index is -1.32. The number of aromatic nitrogens is 4. The number of hydrogen-bond acceptors (Lipinski definition) is 12. The molecule has 2 fully saturated rings. The van der Waals surface area contributed by atoms with E-state index < -0.39 is 42.6 Å². The molecular weight excluding hydrogens is 376 g/mol. The Morgan fingerprint density at radius 2 is 2.00 bits per heavy atom. The zero-order chi connectivity index (χ0) is 19.8. The Morgan fingerprint density at radius 1 is 1.18 bits per heavy atom. The van der Waals surface area contributed by atoms with E-state index in [0.29, 0.717) is 17.0 Å². The van der Waals surface area contributed by atoms with Crippen molar-refractivity contribution in [2.75, 3.05) is 11.9 Å². The predicted octanol–water partition coefficient (Wildman–Crippen LogP) is -1.22. The zero-order valence-corrected chi connectivity index (χ0v) is 14.7. The van der Waals surface area contributed by atoms with Gasteiger partial charge in [0, 0.05) is 0 Å². The van der Waals surface area contributed by atoms with Gasteiger partial charge in [0.2, 0.25) is 0 Å². The highest BCUT2D eigenvalue weighted by Crippen LogP contribution is 2.33. The third-order valence-corrected chi connectivity index (χ3v) is 5.13. The molecule has 0 bridgehead atoms. The van der Waals surface area contributed by atoms with Gasteiger partial charge in [-0.25, -0.2) is 19.8 Å². The minimum Gasteiger partial charge on any atom is -0.391 e. The highest BCUT2D eigenvalue weighted by molar-refractivity contribution is 5.82. The average molecular weight is 398 g/mol. The van der Waals surface area contributed by atoms with Crippen molar-refractivity contribution in [3.63, 3.8) is 0 Å². The molecule has 154 valence electrons. The third-order valence-electron chi connectivity index (χ3n) is 5.13. The zero-order valence-electron chi connectivity index (χ0n) is 14.7.